The van der Waals surface area contributed by atoms with Gasteiger partial charge in [-0.1, -0.05) is 72.8 Å². The van der Waals surface area contributed by atoms with Gasteiger partial charge in [-0.25, -0.2) is 4.79 Å². The van der Waals surface area contributed by atoms with E-state index in [-0.39, 0.29) is 38.5 Å². The normalized spacial score (nSPS) is 20.2. The molecule has 7 N–H and O–H groups in total. The molecule has 15 heteroatoms. The summed E-state index contributed by atoms with van der Waals surface area (Å²) in [5.41, 5.74) is 3.40. The number of carbonyl (C=O) groups is 7. The molecule has 3 aromatic carbocycles. The number of carboxylic acids is 2. The number of carboxylic acid groups (broad SMARTS) is 2. The second kappa shape index (κ2) is 19.1. The van der Waals surface area contributed by atoms with Crippen LogP contribution in [0.5, 0.6) is 0 Å². The number of rotatable bonds is 9. The van der Waals surface area contributed by atoms with Gasteiger partial charge in [0.1, 0.15) is 24.2 Å². The Balaban J connectivity index is 1.48. The lowest BCUT2D eigenvalue weighted by molar-refractivity contribution is -0.143. The Labute approximate surface area is 320 Å². The summed E-state index contributed by atoms with van der Waals surface area (Å²) in [5.74, 6) is -6.14. The van der Waals surface area contributed by atoms with E-state index < -0.39 is 72.1 Å². The molecule has 2 bridgehead atoms. The molecule has 2 aliphatic heterocycles. The molecule has 4 aromatic rings. The molecule has 2 aliphatic rings. The molecule has 0 unspecified atom stereocenters. The first-order valence-electron chi connectivity index (χ1n) is 17.6. The third-order valence-electron chi connectivity index (χ3n) is 8.92. The fourth-order valence-electron chi connectivity index (χ4n) is 5.98. The van der Waals surface area contributed by atoms with Crippen molar-refractivity contribution in [3.05, 3.63) is 112 Å². The first-order valence-corrected chi connectivity index (χ1v) is 18.5. The Morgan fingerprint density at radius 2 is 1.25 bits per heavy atom. The smallest absolute Gasteiger partial charge is 0.326 e. The molecule has 0 radical (unpaired) electrons. The second-order valence-corrected chi connectivity index (χ2v) is 14.1. The van der Waals surface area contributed by atoms with Gasteiger partial charge in [0.25, 0.3) is 0 Å². The molecule has 0 saturated heterocycles. The fraction of sp³-hybridized carbons (Fsp3) is 0.275. The number of nitrogens with one attached hydrogen (secondary N) is 5. The molecule has 0 spiro atoms. The molecular formula is C40H41N5O9S. The zero-order valence-corrected chi connectivity index (χ0v) is 30.5. The van der Waals surface area contributed by atoms with Gasteiger partial charge in [0.15, 0.2) is 0 Å². The van der Waals surface area contributed by atoms with E-state index in [0.717, 1.165) is 16.0 Å². The van der Waals surface area contributed by atoms with E-state index in [0.29, 0.717) is 16.8 Å². The predicted octanol–water partition coefficient (Wildman–Crippen LogP) is 3.06. The van der Waals surface area contributed by atoms with Crippen molar-refractivity contribution in [2.45, 2.75) is 69.1 Å². The van der Waals surface area contributed by atoms with Gasteiger partial charge in [-0.15, -0.1) is 11.3 Å². The summed E-state index contributed by atoms with van der Waals surface area (Å²) in [5, 5.41) is 34.3. The molecule has 286 valence electrons. The van der Waals surface area contributed by atoms with E-state index in [9.17, 15) is 43.8 Å². The Morgan fingerprint density at radius 1 is 0.636 bits per heavy atom. The maximum atomic E-state index is 14.1. The van der Waals surface area contributed by atoms with Crippen LogP contribution in [0, 0.1) is 0 Å². The quantitative estimate of drug-likeness (QED) is 0.124. The Hall–Kier alpha value is -6.35. The minimum Gasteiger partial charge on any atom is -0.481 e. The molecule has 5 amide bonds. The van der Waals surface area contributed by atoms with Crippen LogP contribution in [0.2, 0.25) is 0 Å². The largest absolute Gasteiger partial charge is 0.481 e. The van der Waals surface area contributed by atoms with E-state index >= 15 is 0 Å². The first-order chi connectivity index (χ1) is 26.4. The van der Waals surface area contributed by atoms with Crippen LogP contribution in [-0.2, 0) is 52.8 Å². The summed E-state index contributed by atoms with van der Waals surface area (Å²) in [6.45, 7) is 0. The lowest BCUT2D eigenvalue weighted by Gasteiger charge is -2.26. The Bertz CT molecular complexity index is 1990. The molecular weight excluding hydrogens is 727 g/mol. The highest BCUT2D eigenvalue weighted by Crippen LogP contribution is 2.20. The average Bonchev–Trinajstić information content (AvgIpc) is 3.69. The number of carbonyl (C=O) groups excluding carboxylic acids is 5. The van der Waals surface area contributed by atoms with E-state index in [4.69, 9.17) is 0 Å². The number of hydrogen-bond donors (Lipinski definition) is 7. The topological polar surface area (TPSA) is 220 Å². The number of amides is 5. The van der Waals surface area contributed by atoms with E-state index in [1.54, 1.807) is 48.5 Å². The molecule has 6 rings (SSSR count). The minimum atomic E-state index is -1.49. The van der Waals surface area contributed by atoms with Crippen molar-refractivity contribution in [1.29, 1.82) is 0 Å². The highest BCUT2D eigenvalue weighted by atomic mass is 32.1. The average molecular weight is 768 g/mol. The van der Waals surface area contributed by atoms with Gasteiger partial charge in [0, 0.05) is 49.1 Å². The van der Waals surface area contributed by atoms with Crippen molar-refractivity contribution in [2.24, 2.45) is 0 Å². The number of hydrogen-bond acceptors (Lipinski definition) is 8. The third kappa shape index (κ3) is 12.1. The number of aliphatic carboxylic acids is 2. The van der Waals surface area contributed by atoms with Crippen LogP contribution in [-0.4, -0.2) is 75.9 Å². The molecule has 0 fully saturated rings. The van der Waals surface area contributed by atoms with Crippen molar-refractivity contribution >= 4 is 58.5 Å². The Morgan fingerprint density at radius 3 is 1.89 bits per heavy atom. The van der Waals surface area contributed by atoms with Crippen molar-refractivity contribution < 1.29 is 43.8 Å². The summed E-state index contributed by atoms with van der Waals surface area (Å²) in [6, 6.07) is 21.3. The number of thiophene rings is 1. The lowest BCUT2D eigenvalue weighted by Crippen LogP contribution is -2.58. The standard InChI is InChI=1S/C40H41N5O9S/c46-34-17-18-35(47)42-32(23-29-7-4-20-55-29)39(52)44-31(21-24-8-12-27(13-9-24)26-5-2-1-3-6-26)38(51)43-30(16-19-36(48)49)37(50)45-33(40(53)54)22-25-10-14-28(41-34)15-11-25/h1-15,20,30-33H,16-19,21-23H2,(H,41,46)(H,42,47)(H,43,51)(H,44,52)(H,45,50)(H,48,49)(H,53,54)/t30-,31+,32-,33-/m1/s1. The highest BCUT2D eigenvalue weighted by Gasteiger charge is 2.32. The summed E-state index contributed by atoms with van der Waals surface area (Å²) >= 11 is 1.36. The van der Waals surface area contributed by atoms with Crippen LogP contribution in [0.25, 0.3) is 11.1 Å². The number of anilines is 1. The second-order valence-electron chi connectivity index (χ2n) is 13.1. The summed E-state index contributed by atoms with van der Waals surface area (Å²) < 4.78 is 0. The van der Waals surface area contributed by atoms with Crippen molar-refractivity contribution in [2.75, 3.05) is 5.32 Å². The first kappa shape index (κ1) is 39.8. The van der Waals surface area contributed by atoms with E-state index in [1.807, 2.05) is 47.8 Å². The van der Waals surface area contributed by atoms with Crippen molar-refractivity contribution in [3.8, 4) is 11.1 Å². The molecule has 14 nitrogen and oxygen atoms in total. The van der Waals surface area contributed by atoms with Gasteiger partial charge in [-0.3, -0.25) is 28.8 Å². The maximum Gasteiger partial charge on any atom is 0.326 e. The molecule has 4 atom stereocenters. The molecule has 0 saturated carbocycles. The van der Waals surface area contributed by atoms with Gasteiger partial charge in [0.05, 0.1) is 0 Å². The zero-order valence-electron chi connectivity index (χ0n) is 29.7. The summed E-state index contributed by atoms with van der Waals surface area (Å²) in [7, 11) is 0. The monoisotopic (exact) mass is 767 g/mol. The number of fused-ring (bicyclic) bond motifs is 18. The predicted molar refractivity (Wildman–Crippen MR) is 204 cm³/mol. The third-order valence-corrected chi connectivity index (χ3v) is 9.82. The minimum absolute atomic E-state index is 0.0622. The Kier molecular flexibility index (Phi) is 13.9. The molecule has 0 aliphatic carbocycles. The zero-order chi connectivity index (χ0) is 39.3. The van der Waals surface area contributed by atoms with Gasteiger partial charge >= 0.3 is 11.9 Å². The van der Waals surface area contributed by atoms with Crippen LogP contribution >= 0.6 is 11.3 Å². The highest BCUT2D eigenvalue weighted by molar-refractivity contribution is 7.09. The van der Waals surface area contributed by atoms with Crippen molar-refractivity contribution in [1.82, 2.24) is 21.3 Å². The van der Waals surface area contributed by atoms with Crippen LogP contribution in [0.4, 0.5) is 5.69 Å². The van der Waals surface area contributed by atoms with Crippen LogP contribution in [0.1, 0.15) is 41.7 Å². The van der Waals surface area contributed by atoms with Crippen LogP contribution < -0.4 is 26.6 Å². The molecule has 1 aromatic heterocycles. The molecule has 3 heterocycles. The maximum absolute atomic E-state index is 14.1. The van der Waals surface area contributed by atoms with E-state index in [1.165, 1.54) is 11.3 Å². The van der Waals surface area contributed by atoms with Gasteiger partial charge in [0.2, 0.25) is 29.5 Å². The molecule has 55 heavy (non-hydrogen) atoms. The summed E-state index contributed by atoms with van der Waals surface area (Å²) in [6.07, 6.45) is -1.50. The van der Waals surface area contributed by atoms with Crippen LogP contribution in [0.15, 0.2) is 96.4 Å². The van der Waals surface area contributed by atoms with Crippen molar-refractivity contribution in [3.63, 3.8) is 0 Å². The summed E-state index contributed by atoms with van der Waals surface area (Å²) in [4.78, 5) is 92.1. The number of benzene rings is 3. The van der Waals surface area contributed by atoms with Gasteiger partial charge < -0.3 is 36.8 Å². The van der Waals surface area contributed by atoms with Gasteiger partial charge in [-0.05, 0) is 52.3 Å². The lowest BCUT2D eigenvalue weighted by atomic mass is 9.99. The fourth-order valence-corrected chi connectivity index (χ4v) is 6.73. The van der Waals surface area contributed by atoms with Gasteiger partial charge in [-0.2, -0.15) is 0 Å². The SMILES string of the molecule is O=C(O)CC[C@H]1NC(=O)[C@H](Cc2ccc(-c3ccccc3)cc2)NC(=O)[C@@H](Cc2cccs2)NC(=O)CCC(=O)Nc2ccc(cc2)C[C@H](C(=O)O)NC1=O. The van der Waals surface area contributed by atoms with Crippen LogP contribution in [0.3, 0.4) is 0 Å². The van der Waals surface area contributed by atoms with E-state index in [2.05, 4.69) is 26.6 Å².